The van der Waals surface area contributed by atoms with Gasteiger partial charge in [-0.15, -0.1) is 0 Å². The van der Waals surface area contributed by atoms with Crippen molar-refractivity contribution in [3.8, 4) is 6.01 Å². The van der Waals surface area contributed by atoms with Gasteiger partial charge in [-0.2, -0.15) is 0 Å². The van der Waals surface area contributed by atoms with Crippen LogP contribution >= 0.6 is 15.9 Å². The van der Waals surface area contributed by atoms with Crippen molar-refractivity contribution in [2.24, 2.45) is 0 Å². The zero-order valence-electron chi connectivity index (χ0n) is 16.2. The molecule has 0 unspecified atom stereocenters. The Kier molecular flexibility index (Phi) is 0.699. The van der Waals surface area contributed by atoms with Crippen LogP contribution in [-0.2, 0) is 6.50 Å². The second-order valence-corrected chi connectivity index (χ2v) is 2.20. The van der Waals surface area contributed by atoms with E-state index in [9.17, 15) is 0 Å². The van der Waals surface area contributed by atoms with Crippen molar-refractivity contribution < 1.29 is 19.8 Å². The number of imidazole rings is 1. The summed E-state index contributed by atoms with van der Waals surface area (Å²) in [7, 11) is 0. The van der Waals surface area contributed by atoms with E-state index >= 15 is 0 Å². The van der Waals surface area contributed by atoms with Gasteiger partial charge in [0.2, 0.25) is 0 Å². The van der Waals surface area contributed by atoms with E-state index in [1.807, 2.05) is 0 Å². The van der Waals surface area contributed by atoms with Crippen molar-refractivity contribution in [1.29, 1.82) is 0 Å². The van der Waals surface area contributed by atoms with Crippen LogP contribution in [0.15, 0.2) is 10.8 Å². The van der Waals surface area contributed by atoms with Crippen molar-refractivity contribution >= 4 is 15.9 Å². The van der Waals surface area contributed by atoms with Gasteiger partial charge >= 0.3 is 0 Å². The topological polar surface area (TPSA) is 27.1 Å². The lowest BCUT2D eigenvalue weighted by Crippen LogP contribution is -2.02. The predicted molar refractivity (Wildman–Crippen MR) is 46.8 cm³/mol. The van der Waals surface area contributed by atoms with Crippen molar-refractivity contribution in [3.63, 3.8) is 0 Å². The second-order valence-electron chi connectivity index (χ2n) is 1.45. The van der Waals surface area contributed by atoms with Crippen molar-refractivity contribution in [1.82, 2.24) is 9.55 Å². The first-order valence-electron chi connectivity index (χ1n) is 7.97. The fraction of sp³-hybridized carbons (Fsp3) is 0.571. The molecule has 62 valence electrons. The van der Waals surface area contributed by atoms with Gasteiger partial charge in [-0.3, -0.25) is 4.57 Å². The number of ether oxygens (including phenoxy) is 1. The van der Waals surface area contributed by atoms with Crippen LogP contribution < -0.4 is 4.74 Å². The smallest absolute Gasteiger partial charge is 0.297 e. The van der Waals surface area contributed by atoms with E-state index in [1.54, 1.807) is 0 Å². The normalized spacial score (nSPS) is 29.7. The molecular formula is C7H11BrN2O. The van der Waals surface area contributed by atoms with E-state index in [-0.39, 0.29) is 4.57 Å². The van der Waals surface area contributed by atoms with E-state index in [1.165, 1.54) is 0 Å². The molecule has 0 saturated heterocycles. The number of aromatic nitrogens is 2. The predicted octanol–water partition coefficient (Wildman–Crippen LogP) is 2.06. The quantitative estimate of drug-likeness (QED) is 0.794. The highest BCUT2D eigenvalue weighted by atomic mass is 79.9. The number of nitrogens with zero attached hydrogens (tertiary/aromatic N) is 2. The summed E-state index contributed by atoms with van der Waals surface area (Å²) >= 11 is 2.77. The fourth-order valence-electron chi connectivity index (χ4n) is 0.489. The highest BCUT2D eigenvalue weighted by Crippen LogP contribution is 2.17. The Labute approximate surface area is 90.0 Å². The molecule has 4 heteroatoms. The van der Waals surface area contributed by atoms with Gasteiger partial charge < -0.3 is 4.74 Å². The summed E-state index contributed by atoms with van der Waals surface area (Å²) in [5.74, 6) is 0. The van der Waals surface area contributed by atoms with Crippen molar-refractivity contribution in [3.05, 3.63) is 10.8 Å². The SMILES string of the molecule is [2H]c1nc(OC([2H])([2H])C([2H])([2H])[2H])n(C([2H])([2H])C([2H])([2H])[2H])c1Br. The zero-order valence-corrected chi connectivity index (χ0v) is 6.77. The molecule has 0 bridgehead atoms. The molecule has 1 aromatic heterocycles. The van der Waals surface area contributed by atoms with Gasteiger partial charge in [0, 0.05) is 17.5 Å². The lowest BCUT2D eigenvalue weighted by atomic mass is 10.7. The Balaban J connectivity index is 3.45. The number of rotatable bonds is 3. The molecule has 0 amide bonds. The Bertz CT molecular complexity index is 560. The highest BCUT2D eigenvalue weighted by Gasteiger charge is 2.05. The maximum Gasteiger partial charge on any atom is 0.297 e. The molecule has 0 saturated carbocycles. The van der Waals surface area contributed by atoms with Gasteiger partial charge in [0.25, 0.3) is 6.01 Å². The minimum atomic E-state index is -3.26. The van der Waals surface area contributed by atoms with Crippen LogP contribution in [-0.4, -0.2) is 16.1 Å². The molecule has 0 aliphatic heterocycles. The van der Waals surface area contributed by atoms with Gasteiger partial charge in [-0.1, -0.05) is 0 Å². The first kappa shape index (κ1) is 2.05. The maximum atomic E-state index is 7.65. The first-order valence-corrected chi connectivity index (χ1v) is 3.26. The maximum absolute atomic E-state index is 7.65. The van der Waals surface area contributed by atoms with E-state index in [2.05, 4.69) is 25.7 Å². The summed E-state index contributed by atoms with van der Waals surface area (Å²) in [6.07, 6.45) is -0.635. The third-order valence-corrected chi connectivity index (χ3v) is 1.42. The van der Waals surface area contributed by atoms with Crippen LogP contribution in [0, 0.1) is 0 Å². The van der Waals surface area contributed by atoms with Gasteiger partial charge in [-0.25, -0.2) is 4.98 Å². The fourth-order valence-corrected chi connectivity index (χ4v) is 0.818. The van der Waals surface area contributed by atoms with E-state index in [0.717, 1.165) is 0 Å². The molecule has 0 radical (unpaired) electrons. The molecule has 1 heterocycles. The summed E-state index contributed by atoms with van der Waals surface area (Å²) in [5, 5.41) is 0. The molecule has 0 N–H and O–H groups in total. The van der Waals surface area contributed by atoms with Crippen LogP contribution in [0.25, 0.3) is 0 Å². The van der Waals surface area contributed by atoms with Gasteiger partial charge in [0.15, 0.2) is 0 Å². The van der Waals surface area contributed by atoms with E-state index in [4.69, 9.17) is 15.1 Å². The minimum Gasteiger partial charge on any atom is -0.465 e. The van der Waals surface area contributed by atoms with Gasteiger partial charge in [-0.05, 0) is 29.6 Å². The Morgan fingerprint density at radius 1 is 2.00 bits per heavy atom. The number of hydrogen-bond acceptors (Lipinski definition) is 2. The summed E-state index contributed by atoms with van der Waals surface area (Å²) in [4.78, 5) is 3.37. The van der Waals surface area contributed by atoms with Crippen molar-refractivity contribution in [2.75, 3.05) is 6.56 Å². The molecule has 11 heavy (non-hydrogen) atoms. The van der Waals surface area contributed by atoms with Crippen LogP contribution in [0.4, 0.5) is 0 Å². The number of hydrogen-bond donors (Lipinski definition) is 0. The standard InChI is InChI=1S/C7H11BrN2O/c1-3-10-6(8)5-9-7(10)11-4-2/h5H,3-4H2,1-2H3/i1D3,2D3,3D2,4D2,5D. The van der Waals surface area contributed by atoms with Crippen LogP contribution in [0.2, 0.25) is 0 Å². The van der Waals surface area contributed by atoms with Gasteiger partial charge in [0.05, 0.1) is 16.8 Å². The summed E-state index contributed by atoms with van der Waals surface area (Å²) in [6, 6.07) is -0.973. The summed E-state index contributed by atoms with van der Waals surface area (Å²) in [5.41, 5.74) is 0. The second kappa shape index (κ2) is 3.76. The molecule has 0 aliphatic carbocycles. The third kappa shape index (κ3) is 1.74. The van der Waals surface area contributed by atoms with E-state index < -0.39 is 43.5 Å². The average molecular weight is 230 g/mol. The molecule has 1 aromatic rings. The third-order valence-electron chi connectivity index (χ3n) is 0.886. The van der Waals surface area contributed by atoms with Crippen LogP contribution in [0.3, 0.4) is 0 Å². The van der Waals surface area contributed by atoms with Gasteiger partial charge in [0.1, 0.15) is 4.60 Å². The molecule has 0 fully saturated rings. The lowest BCUT2D eigenvalue weighted by molar-refractivity contribution is 0.297. The zero-order chi connectivity index (χ0) is 17.7. The highest BCUT2D eigenvalue weighted by molar-refractivity contribution is 9.10. The Morgan fingerprint density at radius 2 is 2.91 bits per heavy atom. The molecule has 0 aliphatic rings. The molecule has 1 rings (SSSR count). The molecule has 0 spiro atoms. The Morgan fingerprint density at radius 3 is 3.64 bits per heavy atom. The summed E-state index contributed by atoms with van der Waals surface area (Å²) < 4.78 is 84.5. The lowest BCUT2D eigenvalue weighted by Gasteiger charge is -2.04. The molecule has 0 atom stereocenters. The monoisotopic (exact) mass is 229 g/mol. The Hall–Kier alpha value is -0.510. The van der Waals surface area contributed by atoms with Crippen LogP contribution in [0.5, 0.6) is 6.01 Å². The molecular weight excluding hydrogens is 208 g/mol. The van der Waals surface area contributed by atoms with Crippen molar-refractivity contribution in [2.45, 2.75) is 20.2 Å². The number of halogens is 1. The largest absolute Gasteiger partial charge is 0.465 e. The summed E-state index contributed by atoms with van der Waals surface area (Å²) in [6.45, 7) is -12.8. The molecule has 3 nitrogen and oxygen atoms in total. The first-order chi connectivity index (χ1) is 9.52. The van der Waals surface area contributed by atoms with E-state index in [0.29, 0.717) is 0 Å². The average Bonchev–Trinajstić information content (AvgIpc) is 2.50. The minimum absolute atomic E-state index is 0.284. The van der Waals surface area contributed by atoms with Crippen LogP contribution in [0.1, 0.15) is 28.8 Å². The molecule has 0 aromatic carbocycles.